The Hall–Kier alpha value is -2.23. The van der Waals surface area contributed by atoms with Crippen molar-refractivity contribution in [1.82, 2.24) is 4.98 Å². The molecule has 0 aliphatic heterocycles. The first-order chi connectivity index (χ1) is 11.7. The molecule has 0 saturated heterocycles. The molecule has 2 aromatic carbocycles. The first-order valence-corrected chi connectivity index (χ1v) is 8.38. The average Bonchev–Trinajstić information content (AvgIpc) is 2.61. The minimum atomic E-state index is 0.663. The molecule has 24 heavy (non-hydrogen) atoms. The zero-order valence-corrected chi connectivity index (χ0v) is 14.5. The number of hydrogen-bond donors (Lipinski definition) is 2. The Morgan fingerprint density at radius 1 is 0.625 bits per heavy atom. The molecule has 1 heterocycles. The van der Waals surface area contributed by atoms with Crippen LogP contribution in [-0.4, -0.2) is 4.98 Å². The van der Waals surface area contributed by atoms with Crippen LogP contribution in [0, 0.1) is 0 Å². The first kappa shape index (κ1) is 16.6. The lowest BCUT2D eigenvalue weighted by atomic mass is 10.2. The van der Waals surface area contributed by atoms with Gasteiger partial charge < -0.3 is 10.6 Å². The van der Waals surface area contributed by atoms with Crippen LogP contribution in [0.15, 0.2) is 66.7 Å². The Labute approximate surface area is 151 Å². The van der Waals surface area contributed by atoms with Crippen molar-refractivity contribution < 1.29 is 0 Å². The van der Waals surface area contributed by atoms with Crippen LogP contribution in [0.25, 0.3) is 0 Å². The number of rotatable bonds is 6. The highest BCUT2D eigenvalue weighted by molar-refractivity contribution is 6.30. The third-order valence-corrected chi connectivity index (χ3v) is 4.00. The summed E-state index contributed by atoms with van der Waals surface area (Å²) in [4.78, 5) is 4.66. The lowest BCUT2D eigenvalue weighted by Crippen LogP contribution is -2.06. The Balaban J connectivity index is 1.57. The summed E-state index contributed by atoms with van der Waals surface area (Å²) in [6.07, 6.45) is 0. The summed E-state index contributed by atoms with van der Waals surface area (Å²) in [6, 6.07) is 21.3. The Morgan fingerprint density at radius 3 is 1.46 bits per heavy atom. The van der Waals surface area contributed by atoms with Crippen LogP contribution >= 0.6 is 23.2 Å². The van der Waals surface area contributed by atoms with E-state index in [9.17, 15) is 0 Å². The highest BCUT2D eigenvalue weighted by Crippen LogP contribution is 2.15. The molecule has 0 saturated carbocycles. The van der Waals surface area contributed by atoms with Gasteiger partial charge in [0.15, 0.2) is 0 Å². The summed E-state index contributed by atoms with van der Waals surface area (Å²) in [7, 11) is 0. The van der Waals surface area contributed by atoms with E-state index >= 15 is 0 Å². The largest absolute Gasteiger partial charge is 0.379 e. The van der Waals surface area contributed by atoms with Gasteiger partial charge in [0, 0.05) is 21.4 Å². The maximum absolute atomic E-state index is 5.89. The molecule has 1 aromatic heterocycles. The summed E-state index contributed by atoms with van der Waals surface area (Å²) < 4.78 is 0. The number of pyridine rings is 1. The van der Waals surface area contributed by atoms with E-state index in [4.69, 9.17) is 23.2 Å². The third kappa shape index (κ3) is 4.88. The number of nitrogens with one attached hydrogen (secondary N) is 2. The van der Waals surface area contributed by atoms with Gasteiger partial charge >= 0.3 is 0 Å². The molecule has 0 aliphatic carbocycles. The van der Waals surface area contributed by atoms with Gasteiger partial charge in [-0.3, -0.25) is 4.98 Å². The van der Waals surface area contributed by atoms with Crippen molar-refractivity contribution in [3.63, 3.8) is 0 Å². The summed E-state index contributed by atoms with van der Waals surface area (Å²) in [6.45, 7) is 1.33. The molecular formula is C19H17Cl2N3. The van der Waals surface area contributed by atoms with Gasteiger partial charge in [0.1, 0.15) is 0 Å². The van der Waals surface area contributed by atoms with Crippen molar-refractivity contribution in [2.24, 2.45) is 0 Å². The highest BCUT2D eigenvalue weighted by Gasteiger charge is 2.00. The van der Waals surface area contributed by atoms with Gasteiger partial charge in [-0.05, 0) is 60.7 Å². The van der Waals surface area contributed by atoms with E-state index in [1.165, 1.54) is 0 Å². The van der Waals surface area contributed by atoms with Crippen LogP contribution in [0.2, 0.25) is 10.0 Å². The maximum Gasteiger partial charge on any atom is 0.0598 e. The van der Waals surface area contributed by atoms with Crippen molar-refractivity contribution in [1.29, 1.82) is 0 Å². The van der Waals surface area contributed by atoms with Crippen LogP contribution in [0.1, 0.15) is 11.4 Å². The fraction of sp³-hybridized carbons (Fsp3) is 0.105. The molecule has 0 atom stereocenters. The molecule has 0 radical (unpaired) electrons. The molecule has 3 rings (SSSR count). The predicted octanol–water partition coefficient (Wildman–Crippen LogP) is 5.61. The minimum absolute atomic E-state index is 0.663. The summed E-state index contributed by atoms with van der Waals surface area (Å²) in [5, 5.41) is 8.14. The molecule has 0 aliphatic rings. The van der Waals surface area contributed by atoms with Crippen molar-refractivity contribution in [2.75, 3.05) is 10.6 Å². The standard InChI is InChI=1S/C19H17Cl2N3/c20-14-4-8-16(9-5-14)22-12-18-2-1-3-19(24-18)13-23-17-10-6-15(21)7-11-17/h1-11,22-23H,12-13H2. The van der Waals surface area contributed by atoms with Gasteiger partial charge in [-0.1, -0.05) is 29.3 Å². The second-order valence-electron chi connectivity index (χ2n) is 5.34. The van der Waals surface area contributed by atoms with Gasteiger partial charge in [-0.2, -0.15) is 0 Å². The normalized spacial score (nSPS) is 10.4. The minimum Gasteiger partial charge on any atom is -0.379 e. The quantitative estimate of drug-likeness (QED) is 0.601. The van der Waals surface area contributed by atoms with Gasteiger partial charge in [-0.15, -0.1) is 0 Å². The predicted molar refractivity (Wildman–Crippen MR) is 102 cm³/mol. The molecule has 0 fully saturated rings. The molecule has 0 amide bonds. The molecule has 3 nitrogen and oxygen atoms in total. The molecule has 3 aromatic rings. The van der Waals surface area contributed by atoms with Crippen molar-refractivity contribution in [2.45, 2.75) is 13.1 Å². The van der Waals surface area contributed by atoms with Gasteiger partial charge in [-0.25, -0.2) is 0 Å². The van der Waals surface area contributed by atoms with Crippen molar-refractivity contribution >= 4 is 34.6 Å². The smallest absolute Gasteiger partial charge is 0.0598 e. The molecule has 5 heteroatoms. The molecule has 0 bridgehead atoms. The van der Waals surface area contributed by atoms with Crippen LogP contribution in [0.5, 0.6) is 0 Å². The SMILES string of the molecule is Clc1ccc(NCc2cccc(CNc3ccc(Cl)cc3)n2)cc1. The maximum atomic E-state index is 5.89. The van der Waals surface area contributed by atoms with E-state index in [-0.39, 0.29) is 0 Å². The third-order valence-electron chi connectivity index (χ3n) is 3.50. The molecule has 122 valence electrons. The number of benzene rings is 2. The van der Waals surface area contributed by atoms with Crippen LogP contribution < -0.4 is 10.6 Å². The monoisotopic (exact) mass is 357 g/mol. The van der Waals surface area contributed by atoms with E-state index in [1.807, 2.05) is 66.7 Å². The zero-order chi connectivity index (χ0) is 16.8. The fourth-order valence-electron chi connectivity index (χ4n) is 2.25. The molecule has 0 unspecified atom stereocenters. The Bertz CT molecular complexity index is 722. The zero-order valence-electron chi connectivity index (χ0n) is 13.0. The van der Waals surface area contributed by atoms with Gasteiger partial charge in [0.2, 0.25) is 0 Å². The van der Waals surface area contributed by atoms with Crippen LogP contribution in [0.3, 0.4) is 0 Å². The fourth-order valence-corrected chi connectivity index (χ4v) is 2.50. The van der Waals surface area contributed by atoms with Crippen LogP contribution in [0.4, 0.5) is 11.4 Å². The van der Waals surface area contributed by atoms with E-state index in [2.05, 4.69) is 15.6 Å². The van der Waals surface area contributed by atoms with Gasteiger partial charge in [0.05, 0.1) is 24.5 Å². The van der Waals surface area contributed by atoms with Crippen LogP contribution in [-0.2, 0) is 13.1 Å². The average molecular weight is 358 g/mol. The Morgan fingerprint density at radius 2 is 1.04 bits per heavy atom. The van der Waals surface area contributed by atoms with Crippen molar-refractivity contribution in [3.05, 3.63) is 88.2 Å². The summed E-state index contributed by atoms with van der Waals surface area (Å²) >= 11 is 11.8. The van der Waals surface area contributed by atoms with E-state index in [0.29, 0.717) is 13.1 Å². The van der Waals surface area contributed by atoms with E-state index < -0.39 is 0 Å². The molecular weight excluding hydrogens is 341 g/mol. The lowest BCUT2D eigenvalue weighted by Gasteiger charge is -2.09. The number of hydrogen-bond acceptors (Lipinski definition) is 3. The van der Waals surface area contributed by atoms with E-state index in [1.54, 1.807) is 0 Å². The van der Waals surface area contributed by atoms with Crippen molar-refractivity contribution in [3.8, 4) is 0 Å². The molecule has 0 spiro atoms. The number of halogens is 2. The highest BCUT2D eigenvalue weighted by atomic mass is 35.5. The summed E-state index contributed by atoms with van der Waals surface area (Å²) in [5.74, 6) is 0. The lowest BCUT2D eigenvalue weighted by molar-refractivity contribution is 0.966. The Kier molecular flexibility index (Phi) is 5.57. The number of aromatic nitrogens is 1. The van der Waals surface area contributed by atoms with Gasteiger partial charge in [0.25, 0.3) is 0 Å². The number of nitrogens with zero attached hydrogens (tertiary/aromatic N) is 1. The number of anilines is 2. The molecule has 2 N–H and O–H groups in total. The first-order valence-electron chi connectivity index (χ1n) is 7.63. The second kappa shape index (κ2) is 8.04. The van der Waals surface area contributed by atoms with E-state index in [0.717, 1.165) is 32.8 Å². The topological polar surface area (TPSA) is 37.0 Å². The second-order valence-corrected chi connectivity index (χ2v) is 6.21. The summed E-state index contributed by atoms with van der Waals surface area (Å²) in [5.41, 5.74) is 4.01.